The highest BCUT2D eigenvalue weighted by Gasteiger charge is 2.16. The second kappa shape index (κ2) is 6.95. The minimum atomic E-state index is 0.399. The molecule has 0 amide bonds. The van der Waals surface area contributed by atoms with Crippen molar-refractivity contribution in [1.82, 2.24) is 5.32 Å². The first-order valence-electron chi connectivity index (χ1n) is 7.71. The molecule has 0 aliphatic heterocycles. The molecule has 1 N–H and O–H groups in total. The first-order chi connectivity index (χ1) is 9.19. The Hall–Kier alpha value is -1.02. The van der Waals surface area contributed by atoms with E-state index in [1.807, 2.05) is 0 Å². The lowest BCUT2D eigenvalue weighted by Crippen LogP contribution is -2.28. The van der Waals surface area contributed by atoms with Crippen LogP contribution < -0.4 is 10.1 Å². The SMILES string of the molecule is CC[C@H](C)N[C@H](C)c1ccc(OC2CCCC2)cc1. The molecule has 1 aromatic carbocycles. The van der Waals surface area contributed by atoms with Crippen LogP contribution in [0.2, 0.25) is 0 Å². The van der Waals surface area contributed by atoms with Crippen molar-refractivity contribution in [2.75, 3.05) is 0 Å². The van der Waals surface area contributed by atoms with E-state index in [2.05, 4.69) is 50.4 Å². The van der Waals surface area contributed by atoms with Crippen molar-refractivity contribution in [3.63, 3.8) is 0 Å². The van der Waals surface area contributed by atoms with Gasteiger partial charge in [-0.25, -0.2) is 0 Å². The van der Waals surface area contributed by atoms with Gasteiger partial charge in [-0.3, -0.25) is 0 Å². The summed E-state index contributed by atoms with van der Waals surface area (Å²) in [5.74, 6) is 1.02. The van der Waals surface area contributed by atoms with Gasteiger partial charge in [-0.15, -0.1) is 0 Å². The summed E-state index contributed by atoms with van der Waals surface area (Å²) in [6.07, 6.45) is 6.67. The summed E-state index contributed by atoms with van der Waals surface area (Å²) in [7, 11) is 0. The van der Waals surface area contributed by atoms with E-state index in [1.54, 1.807) is 0 Å². The zero-order valence-corrected chi connectivity index (χ0v) is 12.5. The van der Waals surface area contributed by atoms with Gasteiger partial charge in [0.15, 0.2) is 0 Å². The van der Waals surface area contributed by atoms with E-state index in [0.717, 1.165) is 12.2 Å². The maximum atomic E-state index is 5.99. The summed E-state index contributed by atoms with van der Waals surface area (Å²) in [6.45, 7) is 6.66. The number of hydrogen-bond donors (Lipinski definition) is 1. The molecule has 2 rings (SSSR count). The van der Waals surface area contributed by atoms with E-state index >= 15 is 0 Å². The number of rotatable bonds is 6. The maximum Gasteiger partial charge on any atom is 0.119 e. The van der Waals surface area contributed by atoms with Crippen LogP contribution in [-0.4, -0.2) is 12.1 Å². The first kappa shape index (κ1) is 14.4. The normalized spacial score (nSPS) is 19.3. The van der Waals surface area contributed by atoms with Gasteiger partial charge in [-0.1, -0.05) is 19.1 Å². The Labute approximate surface area is 117 Å². The van der Waals surface area contributed by atoms with E-state index in [-0.39, 0.29) is 0 Å². The summed E-state index contributed by atoms with van der Waals surface area (Å²) in [6, 6.07) is 9.56. The summed E-state index contributed by atoms with van der Waals surface area (Å²) in [5.41, 5.74) is 1.33. The highest BCUT2D eigenvalue weighted by molar-refractivity contribution is 5.29. The Kier molecular flexibility index (Phi) is 5.26. The van der Waals surface area contributed by atoms with E-state index in [9.17, 15) is 0 Å². The van der Waals surface area contributed by atoms with Crippen LogP contribution >= 0.6 is 0 Å². The molecule has 1 fully saturated rings. The van der Waals surface area contributed by atoms with Crippen LogP contribution in [-0.2, 0) is 0 Å². The summed E-state index contributed by atoms with van der Waals surface area (Å²) >= 11 is 0. The fraction of sp³-hybridized carbons (Fsp3) is 0.647. The van der Waals surface area contributed by atoms with Crippen molar-refractivity contribution in [3.8, 4) is 5.75 Å². The fourth-order valence-corrected chi connectivity index (χ4v) is 2.67. The molecule has 0 spiro atoms. The lowest BCUT2D eigenvalue weighted by molar-refractivity contribution is 0.210. The molecule has 0 heterocycles. The third-order valence-electron chi connectivity index (χ3n) is 4.13. The van der Waals surface area contributed by atoms with Crippen LogP contribution in [0, 0.1) is 0 Å². The largest absolute Gasteiger partial charge is 0.490 e. The summed E-state index contributed by atoms with van der Waals surface area (Å²) < 4.78 is 5.99. The molecule has 1 aliphatic rings. The summed E-state index contributed by atoms with van der Waals surface area (Å²) in [5, 5.41) is 3.60. The Bertz CT molecular complexity index is 367. The highest BCUT2D eigenvalue weighted by atomic mass is 16.5. The lowest BCUT2D eigenvalue weighted by Gasteiger charge is -2.20. The molecule has 0 radical (unpaired) electrons. The Morgan fingerprint density at radius 1 is 1.16 bits per heavy atom. The molecule has 0 aromatic heterocycles. The van der Waals surface area contributed by atoms with Crippen molar-refractivity contribution >= 4 is 0 Å². The van der Waals surface area contributed by atoms with E-state index in [4.69, 9.17) is 4.74 Å². The first-order valence-corrected chi connectivity index (χ1v) is 7.71. The van der Waals surface area contributed by atoms with Gasteiger partial charge in [0.1, 0.15) is 5.75 Å². The van der Waals surface area contributed by atoms with Gasteiger partial charge in [0.05, 0.1) is 6.10 Å². The van der Waals surface area contributed by atoms with Gasteiger partial charge in [-0.05, 0) is 63.6 Å². The molecule has 19 heavy (non-hydrogen) atoms. The molecule has 106 valence electrons. The second-order valence-electron chi connectivity index (χ2n) is 5.79. The highest BCUT2D eigenvalue weighted by Crippen LogP contribution is 2.25. The molecule has 2 atom stereocenters. The average molecular weight is 261 g/mol. The van der Waals surface area contributed by atoms with Gasteiger partial charge in [0.2, 0.25) is 0 Å². The molecule has 2 heteroatoms. The van der Waals surface area contributed by atoms with Crippen LogP contribution in [0.5, 0.6) is 5.75 Å². The van der Waals surface area contributed by atoms with Crippen LogP contribution in [0.4, 0.5) is 0 Å². The van der Waals surface area contributed by atoms with Crippen LogP contribution in [0.3, 0.4) is 0 Å². The van der Waals surface area contributed by atoms with Crippen molar-refractivity contribution < 1.29 is 4.74 Å². The molecular formula is C17H27NO. The maximum absolute atomic E-state index is 5.99. The Balaban J connectivity index is 1.89. The molecule has 1 aliphatic carbocycles. The molecule has 1 aromatic rings. The molecule has 0 saturated heterocycles. The van der Waals surface area contributed by atoms with Crippen molar-refractivity contribution in [2.24, 2.45) is 0 Å². The van der Waals surface area contributed by atoms with Gasteiger partial charge in [0.25, 0.3) is 0 Å². The van der Waals surface area contributed by atoms with Gasteiger partial charge < -0.3 is 10.1 Å². The number of nitrogens with one attached hydrogen (secondary N) is 1. The second-order valence-corrected chi connectivity index (χ2v) is 5.79. The Morgan fingerprint density at radius 2 is 1.79 bits per heavy atom. The zero-order chi connectivity index (χ0) is 13.7. The van der Waals surface area contributed by atoms with Crippen LogP contribution in [0.1, 0.15) is 64.5 Å². The van der Waals surface area contributed by atoms with Gasteiger partial charge in [-0.2, -0.15) is 0 Å². The zero-order valence-electron chi connectivity index (χ0n) is 12.5. The minimum Gasteiger partial charge on any atom is -0.490 e. The van der Waals surface area contributed by atoms with Crippen LogP contribution in [0.15, 0.2) is 24.3 Å². The van der Waals surface area contributed by atoms with Crippen molar-refractivity contribution in [2.45, 2.75) is 71.1 Å². The van der Waals surface area contributed by atoms with E-state index < -0.39 is 0 Å². The molecule has 0 unspecified atom stereocenters. The van der Waals surface area contributed by atoms with E-state index in [0.29, 0.717) is 18.2 Å². The summed E-state index contributed by atoms with van der Waals surface area (Å²) in [4.78, 5) is 0. The monoisotopic (exact) mass is 261 g/mol. The van der Waals surface area contributed by atoms with Crippen LogP contribution in [0.25, 0.3) is 0 Å². The quantitative estimate of drug-likeness (QED) is 0.816. The smallest absolute Gasteiger partial charge is 0.119 e. The molecular weight excluding hydrogens is 234 g/mol. The van der Waals surface area contributed by atoms with E-state index in [1.165, 1.54) is 31.2 Å². The fourth-order valence-electron chi connectivity index (χ4n) is 2.67. The number of benzene rings is 1. The molecule has 2 nitrogen and oxygen atoms in total. The number of ether oxygens (including phenoxy) is 1. The molecule has 1 saturated carbocycles. The van der Waals surface area contributed by atoms with Crippen molar-refractivity contribution in [3.05, 3.63) is 29.8 Å². The van der Waals surface area contributed by atoms with Gasteiger partial charge >= 0.3 is 0 Å². The van der Waals surface area contributed by atoms with Crippen molar-refractivity contribution in [1.29, 1.82) is 0 Å². The predicted molar refractivity (Wildman–Crippen MR) is 80.6 cm³/mol. The van der Waals surface area contributed by atoms with Gasteiger partial charge in [0, 0.05) is 12.1 Å². The lowest BCUT2D eigenvalue weighted by atomic mass is 10.1. The molecule has 0 bridgehead atoms. The predicted octanol–water partition coefficient (Wildman–Crippen LogP) is 4.46. The third kappa shape index (κ3) is 4.24. The topological polar surface area (TPSA) is 21.3 Å². The Morgan fingerprint density at radius 3 is 2.37 bits per heavy atom. The third-order valence-corrected chi connectivity index (χ3v) is 4.13. The minimum absolute atomic E-state index is 0.399. The standard InChI is InChI=1S/C17H27NO/c1-4-13(2)18-14(3)15-9-11-17(12-10-15)19-16-7-5-6-8-16/h9-14,16,18H,4-8H2,1-3H3/t13-,14+/m0/s1. The average Bonchev–Trinajstić information content (AvgIpc) is 2.92. The number of hydrogen-bond acceptors (Lipinski definition) is 2.